The Bertz CT molecular complexity index is 1020. The molecule has 0 aliphatic rings. The van der Waals surface area contributed by atoms with E-state index in [-0.39, 0.29) is 12.2 Å². The molecule has 0 spiro atoms. The molecule has 0 fully saturated rings. The Morgan fingerprint density at radius 1 is 0.895 bits per heavy atom. The number of carboxylic acid groups (broad SMARTS) is 2. The summed E-state index contributed by atoms with van der Waals surface area (Å²) in [6.45, 7) is 3.44. The Balaban J connectivity index is 3.03. The molecule has 0 saturated heterocycles. The van der Waals surface area contributed by atoms with Gasteiger partial charge in [0.25, 0.3) is 0 Å². The van der Waals surface area contributed by atoms with Crippen molar-refractivity contribution in [2.75, 3.05) is 0 Å². The number of nitrogens with two attached hydrogens (primary N) is 2. The number of carbonyl (C=O) groups is 6. The molecule has 1 aromatic carbocycles. The van der Waals surface area contributed by atoms with Crippen molar-refractivity contribution in [3.05, 3.63) is 29.8 Å². The number of aromatic hydroxyl groups is 1. The van der Waals surface area contributed by atoms with E-state index in [9.17, 15) is 39.0 Å². The van der Waals surface area contributed by atoms with Crippen LogP contribution in [0, 0.1) is 5.92 Å². The smallest absolute Gasteiger partial charge is 0.326 e. The molecule has 0 saturated carbocycles. The first kappa shape index (κ1) is 31.8. The number of carbonyl (C=O) groups excluding carboxylic acids is 4. The molecule has 4 amide bonds. The van der Waals surface area contributed by atoms with Gasteiger partial charge >= 0.3 is 11.9 Å². The van der Waals surface area contributed by atoms with Crippen molar-refractivity contribution in [1.82, 2.24) is 16.0 Å². The summed E-state index contributed by atoms with van der Waals surface area (Å²) in [5.74, 6) is -6.69. The molecule has 0 aliphatic carbocycles. The van der Waals surface area contributed by atoms with Crippen molar-refractivity contribution >= 4 is 35.6 Å². The highest BCUT2D eigenvalue weighted by Crippen LogP contribution is 2.13. The highest BCUT2D eigenvalue weighted by Gasteiger charge is 2.33. The van der Waals surface area contributed by atoms with Gasteiger partial charge in [0.05, 0.1) is 12.5 Å². The lowest BCUT2D eigenvalue weighted by atomic mass is 9.96. The summed E-state index contributed by atoms with van der Waals surface area (Å²) in [5.41, 5.74) is 11.7. The van der Waals surface area contributed by atoms with Gasteiger partial charge in [0, 0.05) is 6.42 Å². The van der Waals surface area contributed by atoms with Crippen LogP contribution in [0.2, 0.25) is 0 Å². The fourth-order valence-corrected chi connectivity index (χ4v) is 3.41. The number of phenolic OH excluding ortho intramolecular Hbond substituents is 1. The zero-order chi connectivity index (χ0) is 29.0. The molecule has 0 radical (unpaired) electrons. The molecule has 0 bridgehead atoms. The third-order valence-electron chi connectivity index (χ3n) is 5.82. The fraction of sp³-hybridized carbons (Fsp3) is 0.500. The van der Waals surface area contributed by atoms with Crippen LogP contribution in [0.3, 0.4) is 0 Å². The van der Waals surface area contributed by atoms with E-state index in [1.807, 2.05) is 0 Å². The lowest BCUT2D eigenvalue weighted by Crippen LogP contribution is -2.59. The molecule has 1 rings (SSSR count). The predicted molar refractivity (Wildman–Crippen MR) is 133 cm³/mol. The Morgan fingerprint density at radius 3 is 1.97 bits per heavy atom. The number of hydrogen-bond acceptors (Lipinski definition) is 8. The largest absolute Gasteiger partial charge is 0.508 e. The lowest BCUT2D eigenvalue weighted by Gasteiger charge is -2.28. The molecule has 0 heterocycles. The highest BCUT2D eigenvalue weighted by atomic mass is 16.4. The van der Waals surface area contributed by atoms with Crippen molar-refractivity contribution < 1.29 is 44.1 Å². The SMILES string of the molecule is CCC(C)C(NC(=O)C(N)Cc1ccc(O)cc1)C(=O)NC(CCC(=O)O)C(=O)NC(CC(N)=O)C(=O)O. The van der Waals surface area contributed by atoms with Gasteiger partial charge < -0.3 is 42.7 Å². The van der Waals surface area contributed by atoms with E-state index >= 15 is 0 Å². The average molecular weight is 538 g/mol. The second kappa shape index (κ2) is 15.1. The summed E-state index contributed by atoms with van der Waals surface area (Å²) in [4.78, 5) is 72.3. The second-order valence-electron chi connectivity index (χ2n) is 8.91. The standard InChI is InChI=1S/C24H35N5O9/c1-3-12(2)20(29-21(34)15(25)10-13-4-6-14(30)7-5-13)23(36)27-16(8-9-19(32)33)22(35)28-17(24(37)38)11-18(26)31/h4-7,12,15-17,20,30H,3,8-11,25H2,1-2H3,(H2,26,31)(H,27,36)(H,28,35)(H,29,34)(H,32,33)(H,37,38). The van der Waals surface area contributed by atoms with Crippen LogP contribution in [0.15, 0.2) is 24.3 Å². The maximum Gasteiger partial charge on any atom is 0.326 e. The van der Waals surface area contributed by atoms with Crippen molar-refractivity contribution in [3.63, 3.8) is 0 Å². The van der Waals surface area contributed by atoms with Crippen LogP contribution < -0.4 is 27.4 Å². The zero-order valence-electron chi connectivity index (χ0n) is 21.2. The first-order valence-corrected chi connectivity index (χ1v) is 11.9. The van der Waals surface area contributed by atoms with Crippen molar-refractivity contribution in [2.45, 2.75) is 70.1 Å². The Labute approximate surface area is 219 Å². The highest BCUT2D eigenvalue weighted by molar-refractivity contribution is 5.95. The minimum Gasteiger partial charge on any atom is -0.508 e. The first-order chi connectivity index (χ1) is 17.7. The van der Waals surface area contributed by atoms with Gasteiger partial charge in [-0.1, -0.05) is 32.4 Å². The van der Waals surface area contributed by atoms with E-state index in [0.717, 1.165) is 0 Å². The molecule has 210 valence electrons. The number of carboxylic acids is 2. The van der Waals surface area contributed by atoms with Crippen LogP contribution in [-0.2, 0) is 35.2 Å². The van der Waals surface area contributed by atoms with E-state index in [2.05, 4.69) is 16.0 Å². The third kappa shape index (κ3) is 10.8. The van der Waals surface area contributed by atoms with Crippen LogP contribution >= 0.6 is 0 Å². The van der Waals surface area contributed by atoms with Crippen LogP contribution in [0.4, 0.5) is 0 Å². The molecular formula is C24H35N5O9. The summed E-state index contributed by atoms with van der Waals surface area (Å²) in [7, 11) is 0. The molecule has 5 unspecified atom stereocenters. The number of nitrogens with one attached hydrogen (secondary N) is 3. The van der Waals surface area contributed by atoms with E-state index in [4.69, 9.17) is 16.6 Å². The molecule has 0 aromatic heterocycles. The second-order valence-corrected chi connectivity index (χ2v) is 8.91. The quantitative estimate of drug-likeness (QED) is 0.122. The topological polar surface area (TPSA) is 251 Å². The summed E-state index contributed by atoms with van der Waals surface area (Å²) in [5, 5.41) is 34.7. The molecule has 14 nitrogen and oxygen atoms in total. The summed E-state index contributed by atoms with van der Waals surface area (Å²) < 4.78 is 0. The van der Waals surface area contributed by atoms with Crippen LogP contribution in [0.5, 0.6) is 5.75 Å². The summed E-state index contributed by atoms with van der Waals surface area (Å²) in [6, 6.07) is 0.696. The number of primary amides is 1. The van der Waals surface area contributed by atoms with Gasteiger partial charge in [-0.2, -0.15) is 0 Å². The molecule has 1 aromatic rings. The van der Waals surface area contributed by atoms with Gasteiger partial charge in [-0.3, -0.25) is 24.0 Å². The number of benzene rings is 1. The number of aliphatic carboxylic acids is 2. The molecule has 14 heteroatoms. The molecule has 0 aliphatic heterocycles. The monoisotopic (exact) mass is 537 g/mol. The molecule has 10 N–H and O–H groups in total. The van der Waals surface area contributed by atoms with Crippen molar-refractivity contribution in [3.8, 4) is 5.75 Å². The minimum absolute atomic E-state index is 0.0473. The van der Waals surface area contributed by atoms with Gasteiger partial charge in [-0.15, -0.1) is 0 Å². The first-order valence-electron chi connectivity index (χ1n) is 11.9. The average Bonchev–Trinajstić information content (AvgIpc) is 2.84. The van der Waals surface area contributed by atoms with Gasteiger partial charge in [-0.05, 0) is 36.5 Å². The van der Waals surface area contributed by atoms with Gasteiger partial charge in [-0.25, -0.2) is 4.79 Å². The number of hydrogen-bond donors (Lipinski definition) is 8. The maximum absolute atomic E-state index is 13.1. The maximum atomic E-state index is 13.1. The predicted octanol–water partition coefficient (Wildman–Crippen LogP) is -1.41. The van der Waals surface area contributed by atoms with E-state index in [1.165, 1.54) is 12.1 Å². The Hall–Kier alpha value is -4.20. The summed E-state index contributed by atoms with van der Waals surface area (Å²) in [6.07, 6.45) is -1.09. The molecule has 38 heavy (non-hydrogen) atoms. The van der Waals surface area contributed by atoms with Crippen LogP contribution in [0.1, 0.15) is 45.1 Å². The van der Waals surface area contributed by atoms with Gasteiger partial charge in [0.2, 0.25) is 23.6 Å². The van der Waals surface area contributed by atoms with Gasteiger partial charge in [0.1, 0.15) is 23.9 Å². The molecular weight excluding hydrogens is 502 g/mol. The zero-order valence-corrected chi connectivity index (χ0v) is 21.2. The van der Waals surface area contributed by atoms with Crippen molar-refractivity contribution in [1.29, 1.82) is 0 Å². The minimum atomic E-state index is -1.69. The van der Waals surface area contributed by atoms with E-state index in [0.29, 0.717) is 12.0 Å². The summed E-state index contributed by atoms with van der Waals surface area (Å²) >= 11 is 0. The van der Waals surface area contributed by atoms with Crippen LogP contribution in [0.25, 0.3) is 0 Å². The number of rotatable bonds is 16. The van der Waals surface area contributed by atoms with Crippen LogP contribution in [-0.4, -0.2) is 75.1 Å². The fourth-order valence-electron chi connectivity index (χ4n) is 3.41. The van der Waals surface area contributed by atoms with Gasteiger partial charge in [0.15, 0.2) is 0 Å². The Kier molecular flexibility index (Phi) is 12.7. The Morgan fingerprint density at radius 2 is 1.47 bits per heavy atom. The third-order valence-corrected chi connectivity index (χ3v) is 5.82. The normalized spacial score (nSPS) is 14.7. The van der Waals surface area contributed by atoms with E-state index in [1.54, 1.807) is 26.0 Å². The van der Waals surface area contributed by atoms with E-state index < -0.39 is 84.9 Å². The van der Waals surface area contributed by atoms with Crippen molar-refractivity contribution in [2.24, 2.45) is 17.4 Å². The number of amides is 4. The lowest BCUT2D eigenvalue weighted by molar-refractivity contribution is -0.144. The number of phenols is 1. The molecule has 5 atom stereocenters.